The Bertz CT molecular complexity index is 379. The summed E-state index contributed by atoms with van der Waals surface area (Å²) in [5, 5.41) is 4.32. The van der Waals surface area contributed by atoms with Gasteiger partial charge in [0.05, 0.1) is 0 Å². The lowest BCUT2D eigenvalue weighted by molar-refractivity contribution is 0.234. The van der Waals surface area contributed by atoms with Crippen LogP contribution in [0.1, 0.15) is 39.2 Å². The van der Waals surface area contributed by atoms with Crippen LogP contribution in [0.4, 0.5) is 0 Å². The molecule has 1 aromatic rings. The van der Waals surface area contributed by atoms with Crippen LogP contribution >= 0.6 is 11.6 Å². The number of hydrogen-bond donors (Lipinski definition) is 1. The molecule has 0 saturated heterocycles. The first-order valence-corrected chi connectivity index (χ1v) is 8.02. The van der Waals surface area contributed by atoms with Crippen molar-refractivity contribution in [3.63, 3.8) is 0 Å². The van der Waals surface area contributed by atoms with Crippen molar-refractivity contribution in [2.75, 3.05) is 20.1 Å². The van der Waals surface area contributed by atoms with Crippen molar-refractivity contribution in [3.8, 4) is 0 Å². The molecule has 0 fully saturated rings. The Morgan fingerprint density at radius 3 is 2.65 bits per heavy atom. The van der Waals surface area contributed by atoms with E-state index < -0.39 is 0 Å². The molecule has 0 heterocycles. The predicted molar refractivity (Wildman–Crippen MR) is 89.3 cm³/mol. The average molecular weight is 297 g/mol. The Morgan fingerprint density at radius 1 is 1.25 bits per heavy atom. The topological polar surface area (TPSA) is 15.3 Å². The van der Waals surface area contributed by atoms with Crippen LogP contribution in [0.25, 0.3) is 0 Å². The number of benzene rings is 1. The highest BCUT2D eigenvalue weighted by molar-refractivity contribution is 6.30. The summed E-state index contributed by atoms with van der Waals surface area (Å²) in [6.45, 7) is 9.98. The van der Waals surface area contributed by atoms with Crippen molar-refractivity contribution in [2.45, 2.75) is 46.2 Å². The van der Waals surface area contributed by atoms with Gasteiger partial charge in [0, 0.05) is 17.6 Å². The fraction of sp³-hybridized carbons (Fsp3) is 0.647. The third-order valence-electron chi connectivity index (χ3n) is 3.60. The van der Waals surface area contributed by atoms with Crippen molar-refractivity contribution in [1.82, 2.24) is 10.2 Å². The number of halogens is 1. The average Bonchev–Trinajstić information content (AvgIpc) is 2.37. The maximum Gasteiger partial charge on any atom is 0.0409 e. The zero-order valence-corrected chi connectivity index (χ0v) is 14.1. The molecule has 0 spiro atoms. The van der Waals surface area contributed by atoms with Crippen LogP contribution in [-0.2, 0) is 6.54 Å². The summed E-state index contributed by atoms with van der Waals surface area (Å²) in [6.07, 6.45) is 2.45. The molecular formula is C17H29ClN2. The van der Waals surface area contributed by atoms with E-state index in [9.17, 15) is 0 Å². The van der Waals surface area contributed by atoms with E-state index in [0.717, 1.165) is 30.6 Å². The zero-order valence-electron chi connectivity index (χ0n) is 13.3. The lowest BCUT2D eigenvalue weighted by Crippen LogP contribution is -2.30. The summed E-state index contributed by atoms with van der Waals surface area (Å²) in [5.41, 5.74) is 1.28. The van der Waals surface area contributed by atoms with E-state index in [1.165, 1.54) is 18.4 Å². The number of rotatable bonds is 9. The van der Waals surface area contributed by atoms with Crippen molar-refractivity contribution in [2.24, 2.45) is 5.92 Å². The summed E-state index contributed by atoms with van der Waals surface area (Å²) in [4.78, 5) is 2.40. The van der Waals surface area contributed by atoms with E-state index in [4.69, 9.17) is 11.6 Å². The van der Waals surface area contributed by atoms with E-state index in [1.54, 1.807) is 0 Å². The van der Waals surface area contributed by atoms with Gasteiger partial charge in [-0.05, 0) is 63.5 Å². The van der Waals surface area contributed by atoms with Crippen LogP contribution in [0, 0.1) is 5.92 Å². The largest absolute Gasteiger partial charge is 0.316 e. The van der Waals surface area contributed by atoms with Crippen LogP contribution in [0.2, 0.25) is 5.02 Å². The van der Waals surface area contributed by atoms with Gasteiger partial charge in [-0.15, -0.1) is 0 Å². The van der Waals surface area contributed by atoms with Crippen LogP contribution in [-0.4, -0.2) is 31.1 Å². The fourth-order valence-electron chi connectivity index (χ4n) is 2.21. The van der Waals surface area contributed by atoms with E-state index >= 15 is 0 Å². The van der Waals surface area contributed by atoms with Crippen molar-refractivity contribution in [1.29, 1.82) is 0 Å². The molecular weight excluding hydrogens is 268 g/mol. The van der Waals surface area contributed by atoms with Gasteiger partial charge in [0.25, 0.3) is 0 Å². The minimum absolute atomic E-state index is 0.592. The molecule has 0 aliphatic rings. The molecule has 1 atom stereocenters. The Hall–Kier alpha value is -0.570. The molecule has 114 valence electrons. The molecule has 1 unspecified atom stereocenters. The minimum Gasteiger partial charge on any atom is -0.316 e. The molecule has 0 aliphatic carbocycles. The summed E-state index contributed by atoms with van der Waals surface area (Å²) in [5.74, 6) is 0.734. The van der Waals surface area contributed by atoms with Gasteiger partial charge in [0.1, 0.15) is 0 Å². The van der Waals surface area contributed by atoms with Gasteiger partial charge in [0.15, 0.2) is 0 Å². The zero-order chi connectivity index (χ0) is 15.0. The maximum absolute atomic E-state index is 6.02. The Labute approximate surface area is 129 Å². The molecule has 0 radical (unpaired) electrons. The Balaban J connectivity index is 2.23. The van der Waals surface area contributed by atoms with Crippen LogP contribution < -0.4 is 5.32 Å². The minimum atomic E-state index is 0.592. The molecule has 0 aromatic heterocycles. The first-order valence-electron chi connectivity index (χ1n) is 7.64. The summed E-state index contributed by atoms with van der Waals surface area (Å²) < 4.78 is 0. The molecule has 0 amide bonds. The fourth-order valence-corrected chi connectivity index (χ4v) is 2.43. The molecule has 0 saturated carbocycles. The van der Waals surface area contributed by atoms with Gasteiger partial charge in [-0.2, -0.15) is 0 Å². The molecule has 1 N–H and O–H groups in total. The van der Waals surface area contributed by atoms with Gasteiger partial charge >= 0.3 is 0 Å². The van der Waals surface area contributed by atoms with Gasteiger partial charge in [-0.1, -0.05) is 37.6 Å². The molecule has 0 bridgehead atoms. The molecule has 3 heteroatoms. The Morgan fingerprint density at radius 2 is 2.00 bits per heavy atom. The normalized spacial score (nSPS) is 13.2. The second-order valence-electron chi connectivity index (χ2n) is 6.13. The van der Waals surface area contributed by atoms with Crippen molar-refractivity contribution < 1.29 is 0 Å². The molecule has 1 rings (SSSR count). The quantitative estimate of drug-likeness (QED) is 0.688. The van der Waals surface area contributed by atoms with Crippen LogP contribution in [0.3, 0.4) is 0 Å². The van der Waals surface area contributed by atoms with Gasteiger partial charge in [0.2, 0.25) is 0 Å². The molecule has 0 aliphatic heterocycles. The maximum atomic E-state index is 6.02. The third-order valence-corrected chi connectivity index (χ3v) is 3.84. The van der Waals surface area contributed by atoms with E-state index in [1.807, 2.05) is 12.1 Å². The van der Waals surface area contributed by atoms with Crippen LogP contribution in [0.5, 0.6) is 0 Å². The first kappa shape index (κ1) is 17.5. The first-order chi connectivity index (χ1) is 9.49. The highest BCUT2D eigenvalue weighted by atomic mass is 35.5. The number of nitrogens with one attached hydrogen (secondary N) is 1. The highest BCUT2D eigenvalue weighted by Gasteiger charge is 2.09. The third kappa shape index (κ3) is 7.28. The molecule has 2 nitrogen and oxygen atoms in total. The smallest absolute Gasteiger partial charge is 0.0409 e. The van der Waals surface area contributed by atoms with Gasteiger partial charge < -0.3 is 5.32 Å². The number of nitrogens with zero attached hydrogens (tertiary/aromatic N) is 1. The highest BCUT2D eigenvalue weighted by Crippen LogP contribution is 2.14. The molecule has 1 aromatic carbocycles. The van der Waals surface area contributed by atoms with Crippen LogP contribution in [0.15, 0.2) is 24.3 Å². The Kier molecular flexibility index (Phi) is 8.20. The lowest BCUT2D eigenvalue weighted by atomic mass is 10.1. The second kappa shape index (κ2) is 9.38. The van der Waals surface area contributed by atoms with E-state index in [-0.39, 0.29) is 0 Å². The van der Waals surface area contributed by atoms with E-state index in [0.29, 0.717) is 6.04 Å². The predicted octanol–water partition coefficient (Wildman–Crippen LogP) is 4.19. The van der Waals surface area contributed by atoms with E-state index in [2.05, 4.69) is 50.2 Å². The lowest BCUT2D eigenvalue weighted by Gasteiger charge is -2.25. The van der Waals surface area contributed by atoms with Crippen molar-refractivity contribution >= 4 is 11.6 Å². The van der Waals surface area contributed by atoms with Crippen molar-refractivity contribution in [3.05, 3.63) is 34.9 Å². The number of hydrogen-bond acceptors (Lipinski definition) is 2. The second-order valence-corrected chi connectivity index (χ2v) is 6.57. The van der Waals surface area contributed by atoms with Gasteiger partial charge in [-0.25, -0.2) is 0 Å². The molecule has 20 heavy (non-hydrogen) atoms. The SMILES string of the molecule is CC(C)CNCCCC(C)N(C)Cc1cccc(Cl)c1. The standard InChI is InChI=1S/C17H29ClN2/c1-14(2)12-19-10-6-7-15(3)20(4)13-16-8-5-9-17(18)11-16/h5,8-9,11,14-15,19H,6-7,10,12-13H2,1-4H3. The summed E-state index contributed by atoms with van der Waals surface area (Å²) >= 11 is 6.02. The summed E-state index contributed by atoms with van der Waals surface area (Å²) in [6, 6.07) is 8.73. The van der Waals surface area contributed by atoms with Gasteiger partial charge in [-0.3, -0.25) is 4.90 Å². The summed E-state index contributed by atoms with van der Waals surface area (Å²) in [7, 11) is 2.19. The monoisotopic (exact) mass is 296 g/mol.